The molecule has 2 aromatic rings. The van der Waals surface area contributed by atoms with Crippen molar-refractivity contribution in [1.29, 1.82) is 0 Å². The van der Waals surface area contributed by atoms with Crippen LogP contribution in [0.3, 0.4) is 0 Å². The van der Waals surface area contributed by atoms with Crippen LogP contribution in [0, 0.1) is 0 Å². The van der Waals surface area contributed by atoms with Gasteiger partial charge in [0.1, 0.15) is 0 Å². The van der Waals surface area contributed by atoms with Crippen molar-refractivity contribution in [2.75, 3.05) is 11.9 Å². The molecule has 0 fully saturated rings. The molecule has 1 aromatic heterocycles. The summed E-state index contributed by atoms with van der Waals surface area (Å²) < 4.78 is 0. The van der Waals surface area contributed by atoms with Crippen molar-refractivity contribution in [3.63, 3.8) is 0 Å². The molecule has 0 bridgehead atoms. The van der Waals surface area contributed by atoms with E-state index in [9.17, 15) is 9.59 Å². The lowest BCUT2D eigenvalue weighted by Crippen LogP contribution is -2.49. The van der Waals surface area contributed by atoms with Gasteiger partial charge in [-0.25, -0.2) is 0 Å². The lowest BCUT2D eigenvalue weighted by molar-refractivity contribution is -0.138. The summed E-state index contributed by atoms with van der Waals surface area (Å²) in [6.45, 7) is 3.70. The first-order chi connectivity index (χ1) is 11.3. The third kappa shape index (κ3) is 4.55. The Labute approximate surface area is 141 Å². The van der Waals surface area contributed by atoms with Crippen LogP contribution in [0.4, 0.5) is 11.4 Å². The van der Waals surface area contributed by atoms with Crippen LogP contribution in [0.5, 0.6) is 0 Å². The number of pyridine rings is 1. The van der Waals surface area contributed by atoms with Crippen LogP contribution in [-0.4, -0.2) is 29.4 Å². The minimum Gasteiger partial charge on any atom is -0.361 e. The molecular formula is C18H22N4O2. The van der Waals surface area contributed by atoms with Crippen molar-refractivity contribution in [1.82, 2.24) is 10.3 Å². The van der Waals surface area contributed by atoms with Crippen molar-refractivity contribution in [3.05, 3.63) is 54.4 Å². The molecule has 2 rings (SSSR count). The molecule has 0 aliphatic carbocycles. The van der Waals surface area contributed by atoms with E-state index in [0.717, 1.165) is 16.9 Å². The van der Waals surface area contributed by atoms with Gasteiger partial charge in [0.2, 0.25) is 0 Å². The van der Waals surface area contributed by atoms with Gasteiger partial charge in [0, 0.05) is 24.5 Å². The summed E-state index contributed by atoms with van der Waals surface area (Å²) in [5.74, 6) is -1.75. The molecule has 126 valence electrons. The van der Waals surface area contributed by atoms with Crippen LogP contribution in [-0.2, 0) is 16.0 Å². The number of nitrogens with one attached hydrogen (secondary N) is 1. The third-order valence-corrected chi connectivity index (χ3v) is 3.68. The number of hydrogen-bond donors (Lipinski definition) is 2. The summed E-state index contributed by atoms with van der Waals surface area (Å²) in [7, 11) is 1.98. The maximum absolute atomic E-state index is 11.5. The number of hydrogen-bond acceptors (Lipinski definition) is 4. The van der Waals surface area contributed by atoms with E-state index >= 15 is 0 Å². The van der Waals surface area contributed by atoms with Crippen LogP contribution >= 0.6 is 0 Å². The van der Waals surface area contributed by atoms with Gasteiger partial charge in [-0.05, 0) is 50.1 Å². The number of nitrogens with zero attached hydrogens (tertiary/aromatic N) is 2. The predicted molar refractivity (Wildman–Crippen MR) is 93.9 cm³/mol. The SMILES string of the molecule is CN(c1ccc(CC(C)(C)NC(=O)C(N)=O)cc1)c1cccnc1. The number of aromatic nitrogens is 1. The molecule has 6 nitrogen and oxygen atoms in total. The second kappa shape index (κ2) is 7.12. The molecule has 24 heavy (non-hydrogen) atoms. The van der Waals surface area contributed by atoms with Gasteiger partial charge in [-0.2, -0.15) is 0 Å². The average Bonchev–Trinajstić information content (AvgIpc) is 2.54. The zero-order chi connectivity index (χ0) is 17.7. The first-order valence-electron chi connectivity index (χ1n) is 7.63. The van der Waals surface area contributed by atoms with Crippen molar-refractivity contribution in [3.8, 4) is 0 Å². The smallest absolute Gasteiger partial charge is 0.309 e. The van der Waals surface area contributed by atoms with Gasteiger partial charge in [0.15, 0.2) is 0 Å². The zero-order valence-corrected chi connectivity index (χ0v) is 14.1. The van der Waals surface area contributed by atoms with E-state index in [0.29, 0.717) is 6.42 Å². The molecule has 2 amide bonds. The summed E-state index contributed by atoms with van der Waals surface area (Å²) in [6, 6.07) is 11.9. The number of primary amides is 1. The van der Waals surface area contributed by atoms with Gasteiger partial charge in [-0.1, -0.05) is 12.1 Å². The summed E-state index contributed by atoms with van der Waals surface area (Å²) in [4.78, 5) is 28.5. The van der Waals surface area contributed by atoms with E-state index in [-0.39, 0.29) is 0 Å². The van der Waals surface area contributed by atoms with Crippen LogP contribution in [0.15, 0.2) is 48.8 Å². The lowest BCUT2D eigenvalue weighted by Gasteiger charge is -2.26. The summed E-state index contributed by atoms with van der Waals surface area (Å²) in [6.07, 6.45) is 4.13. The molecule has 1 aromatic carbocycles. The number of benzene rings is 1. The number of amides is 2. The van der Waals surface area contributed by atoms with Crippen molar-refractivity contribution in [2.24, 2.45) is 5.73 Å². The van der Waals surface area contributed by atoms with Crippen molar-refractivity contribution in [2.45, 2.75) is 25.8 Å². The molecule has 6 heteroatoms. The van der Waals surface area contributed by atoms with Gasteiger partial charge in [0.05, 0.1) is 11.9 Å². The van der Waals surface area contributed by atoms with E-state index < -0.39 is 17.4 Å². The highest BCUT2D eigenvalue weighted by Gasteiger charge is 2.23. The first-order valence-corrected chi connectivity index (χ1v) is 7.63. The Balaban J connectivity index is 2.06. The minimum absolute atomic E-state index is 0.567. The second-order valence-corrected chi connectivity index (χ2v) is 6.32. The monoisotopic (exact) mass is 326 g/mol. The van der Waals surface area contributed by atoms with Gasteiger partial charge < -0.3 is 16.0 Å². The molecule has 1 heterocycles. The van der Waals surface area contributed by atoms with E-state index in [2.05, 4.69) is 10.3 Å². The second-order valence-electron chi connectivity index (χ2n) is 6.32. The molecule has 0 radical (unpaired) electrons. The Morgan fingerprint density at radius 1 is 1.17 bits per heavy atom. The largest absolute Gasteiger partial charge is 0.361 e. The highest BCUT2D eigenvalue weighted by Crippen LogP contribution is 2.23. The Morgan fingerprint density at radius 2 is 1.83 bits per heavy atom. The Bertz CT molecular complexity index is 712. The van der Waals surface area contributed by atoms with Crippen LogP contribution in [0.2, 0.25) is 0 Å². The van der Waals surface area contributed by atoms with E-state index in [4.69, 9.17) is 5.73 Å². The first kappa shape index (κ1) is 17.5. The quantitative estimate of drug-likeness (QED) is 0.820. The van der Waals surface area contributed by atoms with E-state index in [1.165, 1.54) is 0 Å². The summed E-state index contributed by atoms with van der Waals surface area (Å²) >= 11 is 0. The fourth-order valence-electron chi connectivity index (χ4n) is 2.46. The van der Waals surface area contributed by atoms with Crippen LogP contribution < -0.4 is 16.0 Å². The zero-order valence-electron chi connectivity index (χ0n) is 14.1. The molecule has 3 N–H and O–H groups in total. The van der Waals surface area contributed by atoms with Gasteiger partial charge in [-0.15, -0.1) is 0 Å². The fraction of sp³-hybridized carbons (Fsp3) is 0.278. The molecular weight excluding hydrogens is 304 g/mol. The fourth-order valence-corrected chi connectivity index (χ4v) is 2.46. The molecule has 0 atom stereocenters. The van der Waals surface area contributed by atoms with Crippen molar-refractivity contribution < 1.29 is 9.59 Å². The van der Waals surface area contributed by atoms with E-state index in [1.807, 2.05) is 62.2 Å². The average molecular weight is 326 g/mol. The number of carbonyl (C=O) groups is 2. The molecule has 0 aliphatic rings. The van der Waals surface area contributed by atoms with E-state index in [1.54, 1.807) is 12.4 Å². The normalized spacial score (nSPS) is 11.0. The van der Waals surface area contributed by atoms with Gasteiger partial charge in [0.25, 0.3) is 0 Å². The summed E-state index contributed by atoms with van der Waals surface area (Å²) in [5.41, 5.74) is 7.50. The predicted octanol–water partition coefficient (Wildman–Crippen LogP) is 1.77. The third-order valence-electron chi connectivity index (χ3n) is 3.68. The Morgan fingerprint density at radius 3 is 2.38 bits per heavy atom. The maximum Gasteiger partial charge on any atom is 0.309 e. The summed E-state index contributed by atoms with van der Waals surface area (Å²) in [5, 5.41) is 2.64. The maximum atomic E-state index is 11.5. The van der Waals surface area contributed by atoms with Gasteiger partial charge >= 0.3 is 11.8 Å². The minimum atomic E-state index is -0.975. The standard InChI is InChI=1S/C18H22N4O2/c1-18(2,21-17(24)16(19)23)11-13-6-8-14(9-7-13)22(3)15-5-4-10-20-12-15/h4-10,12H,11H2,1-3H3,(H2,19,23)(H,21,24). The topological polar surface area (TPSA) is 88.3 Å². The number of rotatable bonds is 5. The van der Waals surface area contributed by atoms with Gasteiger partial charge in [-0.3, -0.25) is 14.6 Å². The molecule has 0 unspecified atom stereocenters. The lowest BCUT2D eigenvalue weighted by atomic mass is 9.94. The molecule has 0 aliphatic heterocycles. The van der Waals surface area contributed by atoms with Crippen molar-refractivity contribution >= 4 is 23.2 Å². The number of anilines is 2. The Kier molecular flexibility index (Phi) is 5.18. The Hall–Kier alpha value is -2.89. The van der Waals surface area contributed by atoms with Crippen LogP contribution in [0.25, 0.3) is 0 Å². The number of nitrogens with two attached hydrogens (primary N) is 1. The van der Waals surface area contributed by atoms with Crippen LogP contribution in [0.1, 0.15) is 19.4 Å². The number of carbonyl (C=O) groups excluding carboxylic acids is 2. The molecule has 0 saturated carbocycles. The highest BCUT2D eigenvalue weighted by molar-refractivity contribution is 6.34. The molecule has 0 saturated heterocycles. The highest BCUT2D eigenvalue weighted by atomic mass is 16.2. The molecule has 0 spiro atoms.